The van der Waals surface area contributed by atoms with E-state index < -0.39 is 4.92 Å². The number of benzene rings is 1. The Morgan fingerprint density at radius 1 is 1.43 bits per heavy atom. The van der Waals surface area contributed by atoms with Gasteiger partial charge in [0.15, 0.2) is 0 Å². The summed E-state index contributed by atoms with van der Waals surface area (Å²) in [5.41, 5.74) is 6.77. The average molecular weight is 286 g/mol. The fourth-order valence-electron chi connectivity index (χ4n) is 1.89. The fraction of sp³-hybridized carbons (Fsp3) is 0.143. The Morgan fingerprint density at radius 3 is 2.81 bits per heavy atom. The van der Waals surface area contributed by atoms with E-state index in [4.69, 9.17) is 5.73 Å². The predicted octanol–water partition coefficient (Wildman–Crippen LogP) is 1.84. The van der Waals surface area contributed by atoms with Crippen LogP contribution in [0, 0.1) is 10.1 Å². The van der Waals surface area contributed by atoms with Crippen molar-refractivity contribution in [3.63, 3.8) is 0 Å². The summed E-state index contributed by atoms with van der Waals surface area (Å²) >= 11 is 0. The van der Waals surface area contributed by atoms with E-state index in [2.05, 4.69) is 4.98 Å². The lowest BCUT2D eigenvalue weighted by Crippen LogP contribution is -2.27. The van der Waals surface area contributed by atoms with Crippen molar-refractivity contribution in [3.05, 3.63) is 64.0 Å². The van der Waals surface area contributed by atoms with Gasteiger partial charge in [-0.15, -0.1) is 0 Å². The molecule has 0 aliphatic carbocycles. The molecule has 7 heteroatoms. The molecule has 0 bridgehead atoms. The first kappa shape index (κ1) is 14.4. The predicted molar refractivity (Wildman–Crippen MR) is 77.5 cm³/mol. The molecule has 1 aromatic carbocycles. The van der Waals surface area contributed by atoms with Gasteiger partial charge in [-0.05, 0) is 17.7 Å². The van der Waals surface area contributed by atoms with Gasteiger partial charge in [-0.3, -0.25) is 19.9 Å². The monoisotopic (exact) mass is 286 g/mol. The van der Waals surface area contributed by atoms with E-state index in [-0.39, 0.29) is 22.8 Å². The number of nitro groups is 1. The molecule has 2 N–H and O–H groups in total. The van der Waals surface area contributed by atoms with Gasteiger partial charge in [-0.25, -0.2) is 0 Å². The van der Waals surface area contributed by atoms with Gasteiger partial charge >= 0.3 is 0 Å². The van der Waals surface area contributed by atoms with E-state index in [1.807, 2.05) is 6.07 Å². The third kappa shape index (κ3) is 3.33. The van der Waals surface area contributed by atoms with Crippen molar-refractivity contribution in [1.29, 1.82) is 0 Å². The van der Waals surface area contributed by atoms with Crippen LogP contribution in [0.15, 0.2) is 42.7 Å². The maximum absolute atomic E-state index is 12.3. The molecule has 1 amide bonds. The summed E-state index contributed by atoms with van der Waals surface area (Å²) < 4.78 is 0. The maximum Gasteiger partial charge on any atom is 0.270 e. The van der Waals surface area contributed by atoms with Crippen LogP contribution in [-0.4, -0.2) is 27.8 Å². The summed E-state index contributed by atoms with van der Waals surface area (Å²) in [5.74, 6) is -0.375. The van der Waals surface area contributed by atoms with Gasteiger partial charge in [0.1, 0.15) is 0 Å². The average Bonchev–Trinajstić information content (AvgIpc) is 2.47. The van der Waals surface area contributed by atoms with Crippen LogP contribution in [0.5, 0.6) is 0 Å². The van der Waals surface area contributed by atoms with Crippen LogP contribution in [0.25, 0.3) is 0 Å². The first-order valence-electron chi connectivity index (χ1n) is 6.17. The maximum atomic E-state index is 12.3. The minimum atomic E-state index is -0.558. The highest BCUT2D eigenvalue weighted by molar-refractivity contribution is 5.99. The van der Waals surface area contributed by atoms with Crippen LogP contribution in [0.4, 0.5) is 11.4 Å². The molecule has 7 nitrogen and oxygen atoms in total. The number of carbonyl (C=O) groups is 1. The summed E-state index contributed by atoms with van der Waals surface area (Å²) in [6, 6.07) is 7.44. The van der Waals surface area contributed by atoms with E-state index in [0.29, 0.717) is 6.54 Å². The number of pyridine rings is 1. The van der Waals surface area contributed by atoms with Gasteiger partial charge < -0.3 is 10.6 Å². The fourth-order valence-corrected chi connectivity index (χ4v) is 1.89. The number of rotatable bonds is 4. The van der Waals surface area contributed by atoms with Crippen molar-refractivity contribution in [1.82, 2.24) is 9.88 Å². The van der Waals surface area contributed by atoms with Crippen molar-refractivity contribution in [2.45, 2.75) is 6.54 Å². The molecule has 0 radical (unpaired) electrons. The highest BCUT2D eigenvalue weighted by atomic mass is 16.6. The number of nitrogens with zero attached hydrogens (tertiary/aromatic N) is 3. The Labute approximate surface area is 121 Å². The third-order valence-electron chi connectivity index (χ3n) is 2.97. The smallest absolute Gasteiger partial charge is 0.270 e. The second kappa shape index (κ2) is 6.00. The molecule has 0 spiro atoms. The lowest BCUT2D eigenvalue weighted by Gasteiger charge is -2.18. The molecule has 1 aromatic heterocycles. The minimum Gasteiger partial charge on any atom is -0.398 e. The summed E-state index contributed by atoms with van der Waals surface area (Å²) in [7, 11) is 1.60. The van der Waals surface area contributed by atoms with Crippen LogP contribution < -0.4 is 5.73 Å². The summed E-state index contributed by atoms with van der Waals surface area (Å²) in [6.07, 6.45) is 3.30. The van der Waals surface area contributed by atoms with Crippen LogP contribution >= 0.6 is 0 Å². The van der Waals surface area contributed by atoms with Crippen LogP contribution in [-0.2, 0) is 6.54 Å². The summed E-state index contributed by atoms with van der Waals surface area (Å²) in [5, 5.41) is 10.8. The standard InChI is InChI=1S/C14H14N4O3/c1-17(9-10-3-2-6-16-8-10)14(19)12-7-11(18(20)21)4-5-13(12)15/h2-8H,9,15H2,1H3. The number of non-ortho nitro benzene ring substituents is 1. The topological polar surface area (TPSA) is 102 Å². The van der Waals surface area contributed by atoms with Gasteiger partial charge in [0, 0.05) is 43.8 Å². The van der Waals surface area contributed by atoms with E-state index in [1.165, 1.54) is 23.1 Å². The van der Waals surface area contributed by atoms with Gasteiger partial charge in [-0.2, -0.15) is 0 Å². The third-order valence-corrected chi connectivity index (χ3v) is 2.97. The Kier molecular flexibility index (Phi) is 4.13. The number of nitrogens with two attached hydrogens (primary N) is 1. The highest BCUT2D eigenvalue weighted by Gasteiger charge is 2.18. The lowest BCUT2D eigenvalue weighted by molar-refractivity contribution is -0.384. The molecule has 2 aromatic rings. The molecular formula is C14H14N4O3. The van der Waals surface area contributed by atoms with Gasteiger partial charge in [0.2, 0.25) is 0 Å². The number of nitro benzene ring substituents is 1. The molecule has 0 unspecified atom stereocenters. The van der Waals surface area contributed by atoms with Crippen molar-refractivity contribution in [3.8, 4) is 0 Å². The number of anilines is 1. The number of nitrogen functional groups attached to an aromatic ring is 1. The van der Waals surface area contributed by atoms with E-state index >= 15 is 0 Å². The first-order chi connectivity index (χ1) is 9.99. The molecule has 1 heterocycles. The SMILES string of the molecule is CN(Cc1cccnc1)C(=O)c1cc([N+](=O)[O-])ccc1N. The minimum absolute atomic E-state index is 0.121. The van der Waals surface area contributed by atoms with Gasteiger partial charge in [0.05, 0.1) is 10.5 Å². The van der Waals surface area contributed by atoms with Crippen molar-refractivity contribution in [2.75, 3.05) is 12.8 Å². The van der Waals surface area contributed by atoms with Crippen molar-refractivity contribution in [2.24, 2.45) is 0 Å². The highest BCUT2D eigenvalue weighted by Crippen LogP contribution is 2.21. The second-order valence-electron chi connectivity index (χ2n) is 4.55. The number of carbonyl (C=O) groups excluding carboxylic acids is 1. The summed E-state index contributed by atoms with van der Waals surface area (Å²) in [6.45, 7) is 0.342. The molecule has 0 atom stereocenters. The molecule has 0 saturated carbocycles. The second-order valence-corrected chi connectivity index (χ2v) is 4.55. The van der Waals surface area contributed by atoms with Gasteiger partial charge in [0.25, 0.3) is 11.6 Å². The van der Waals surface area contributed by atoms with Crippen LogP contribution in [0.2, 0.25) is 0 Å². The zero-order valence-corrected chi connectivity index (χ0v) is 11.4. The number of aromatic nitrogens is 1. The zero-order chi connectivity index (χ0) is 15.4. The van der Waals surface area contributed by atoms with E-state index in [9.17, 15) is 14.9 Å². The lowest BCUT2D eigenvalue weighted by atomic mass is 10.1. The quantitative estimate of drug-likeness (QED) is 0.525. The van der Waals surface area contributed by atoms with Crippen LogP contribution in [0.1, 0.15) is 15.9 Å². The molecule has 2 rings (SSSR count). The number of hydrogen-bond acceptors (Lipinski definition) is 5. The van der Waals surface area contributed by atoms with Crippen LogP contribution in [0.3, 0.4) is 0 Å². The molecule has 0 aliphatic heterocycles. The largest absolute Gasteiger partial charge is 0.398 e. The summed E-state index contributed by atoms with van der Waals surface area (Å²) in [4.78, 5) is 28.0. The van der Waals surface area contributed by atoms with Gasteiger partial charge in [-0.1, -0.05) is 6.07 Å². The molecule has 0 aliphatic rings. The normalized spacial score (nSPS) is 10.1. The number of amides is 1. The Balaban J connectivity index is 2.23. The van der Waals surface area contributed by atoms with E-state index in [0.717, 1.165) is 5.56 Å². The number of hydrogen-bond donors (Lipinski definition) is 1. The molecule has 0 fully saturated rings. The Hall–Kier alpha value is -2.96. The Morgan fingerprint density at radius 2 is 2.19 bits per heavy atom. The zero-order valence-electron chi connectivity index (χ0n) is 11.4. The molecular weight excluding hydrogens is 272 g/mol. The first-order valence-corrected chi connectivity index (χ1v) is 6.17. The van der Waals surface area contributed by atoms with E-state index in [1.54, 1.807) is 25.5 Å². The molecule has 0 saturated heterocycles. The molecule has 108 valence electrons. The molecule has 21 heavy (non-hydrogen) atoms. The van der Waals surface area contributed by atoms with Crippen molar-refractivity contribution < 1.29 is 9.72 Å². The Bertz CT molecular complexity index is 673. The van der Waals surface area contributed by atoms with Crippen molar-refractivity contribution >= 4 is 17.3 Å².